The Kier molecular flexibility index (Phi) is 7.01. The van der Waals surface area contributed by atoms with Gasteiger partial charge in [0.2, 0.25) is 0 Å². The maximum atomic E-state index is 11.4. The molecule has 0 aliphatic heterocycles. The van der Waals surface area contributed by atoms with Crippen LogP contribution in [-0.2, 0) is 10.8 Å². The van der Waals surface area contributed by atoms with Gasteiger partial charge in [0, 0.05) is 5.41 Å². The molecule has 3 aromatic carbocycles. The zero-order valence-electron chi connectivity index (χ0n) is 20.0. The molecule has 4 rings (SSSR count). The van der Waals surface area contributed by atoms with Crippen molar-refractivity contribution in [2.24, 2.45) is 0 Å². The first-order valence-corrected chi connectivity index (χ1v) is 11.0. The smallest absolute Gasteiger partial charge is 0.335 e. The lowest BCUT2D eigenvalue weighted by molar-refractivity contribution is 0.0680. The van der Waals surface area contributed by atoms with Crippen LogP contribution in [0.1, 0.15) is 85.3 Å². The molecule has 0 aromatic heterocycles. The van der Waals surface area contributed by atoms with Crippen molar-refractivity contribution in [3.8, 4) is 0 Å². The van der Waals surface area contributed by atoms with E-state index in [2.05, 4.69) is 20.8 Å². The maximum absolute atomic E-state index is 11.4. The summed E-state index contributed by atoms with van der Waals surface area (Å²) in [5, 5.41) is 35.4. The topological polar surface area (TPSA) is 149 Å². The van der Waals surface area contributed by atoms with Crippen LogP contribution < -0.4 is 0 Å². The Labute approximate surface area is 207 Å². The van der Waals surface area contributed by atoms with Crippen molar-refractivity contribution in [1.29, 1.82) is 0 Å². The lowest BCUT2D eigenvalue weighted by Gasteiger charge is -2.28. The minimum atomic E-state index is -1.13. The van der Waals surface area contributed by atoms with Gasteiger partial charge in [-0.15, -0.1) is 0 Å². The molecule has 0 radical (unpaired) electrons. The highest BCUT2D eigenvalue weighted by Crippen LogP contribution is 2.52. The van der Waals surface area contributed by atoms with Gasteiger partial charge in [-0.05, 0) is 71.0 Å². The summed E-state index contributed by atoms with van der Waals surface area (Å²) < 4.78 is 0. The Morgan fingerprint density at radius 1 is 0.583 bits per heavy atom. The monoisotopic (exact) mass is 490 g/mol. The molecule has 0 heterocycles. The fourth-order valence-corrected chi connectivity index (χ4v) is 4.82. The number of carboxylic acid groups (broad SMARTS) is 4. The van der Waals surface area contributed by atoms with Gasteiger partial charge < -0.3 is 20.4 Å². The minimum Gasteiger partial charge on any atom is -0.478 e. The van der Waals surface area contributed by atoms with Crippen LogP contribution >= 0.6 is 0 Å². The molecule has 1 unspecified atom stereocenters. The number of carboxylic acids is 4. The normalized spacial score (nSPS) is 17.3. The fourth-order valence-electron chi connectivity index (χ4n) is 4.82. The van der Waals surface area contributed by atoms with Crippen molar-refractivity contribution in [2.75, 3.05) is 0 Å². The number of rotatable bonds is 5. The summed E-state index contributed by atoms with van der Waals surface area (Å²) >= 11 is 0. The number of hydrogen-bond acceptors (Lipinski definition) is 4. The van der Waals surface area contributed by atoms with E-state index in [1.54, 1.807) is 24.3 Å². The molecule has 0 saturated carbocycles. The lowest BCUT2D eigenvalue weighted by atomic mass is 9.75. The predicted octanol–water partition coefficient (Wildman–Crippen LogP) is 5.15. The summed E-state index contributed by atoms with van der Waals surface area (Å²) in [5.41, 5.74) is 3.23. The van der Waals surface area contributed by atoms with Crippen LogP contribution in [0, 0.1) is 0 Å². The van der Waals surface area contributed by atoms with Crippen molar-refractivity contribution in [1.82, 2.24) is 0 Å². The first-order valence-electron chi connectivity index (χ1n) is 11.0. The van der Waals surface area contributed by atoms with Crippen LogP contribution in [-0.4, -0.2) is 44.3 Å². The van der Waals surface area contributed by atoms with Crippen molar-refractivity contribution >= 4 is 23.9 Å². The molecule has 8 heteroatoms. The molecular formula is C28H26O8. The number of carbonyl (C=O) groups is 4. The van der Waals surface area contributed by atoms with Gasteiger partial charge in [-0.1, -0.05) is 45.0 Å². The lowest BCUT2D eigenvalue weighted by Crippen LogP contribution is -2.23. The quantitative estimate of drug-likeness (QED) is 0.383. The van der Waals surface area contributed by atoms with Gasteiger partial charge in [0.1, 0.15) is 0 Å². The van der Waals surface area contributed by atoms with Crippen LogP contribution in [0.2, 0.25) is 0 Å². The maximum Gasteiger partial charge on any atom is 0.335 e. The molecule has 0 spiro atoms. The summed E-state index contributed by atoms with van der Waals surface area (Å²) in [7, 11) is 0. The van der Waals surface area contributed by atoms with E-state index >= 15 is 0 Å². The minimum absolute atomic E-state index is 0.0186. The van der Waals surface area contributed by atoms with E-state index in [0.717, 1.165) is 29.2 Å². The standard InChI is InChI=1S/C20H20O4.C8H6O4/c1-19(2)11-20(3,14-7-4-12(5-8-14)17(21)22)16-10-13(18(23)24)6-9-15(16)19;9-7(10)5-2-1-3-6(4-5)8(11)12/h4-10H,11H2,1-3H3,(H,21,22)(H,23,24);1-4H,(H,9,10)(H,11,12). The van der Waals surface area contributed by atoms with E-state index in [1.807, 2.05) is 18.2 Å². The third kappa shape index (κ3) is 5.12. The number of benzene rings is 3. The second kappa shape index (κ2) is 9.65. The van der Waals surface area contributed by atoms with Crippen molar-refractivity contribution in [3.05, 3.63) is 106 Å². The summed E-state index contributed by atoms with van der Waals surface area (Å²) in [6.07, 6.45) is 0.838. The zero-order valence-corrected chi connectivity index (χ0v) is 20.0. The molecule has 3 aromatic rings. The SMILES string of the molecule is CC1(C)CC(C)(c2ccc(C(=O)O)cc2)c2cc(C(=O)O)ccc21.O=C(O)c1cccc(C(=O)O)c1. The van der Waals surface area contributed by atoms with E-state index in [-0.39, 0.29) is 33.1 Å². The van der Waals surface area contributed by atoms with Gasteiger partial charge in [0.05, 0.1) is 22.3 Å². The third-order valence-corrected chi connectivity index (χ3v) is 6.51. The first-order chi connectivity index (χ1) is 16.8. The van der Waals surface area contributed by atoms with Crippen LogP contribution in [0.4, 0.5) is 0 Å². The van der Waals surface area contributed by atoms with Gasteiger partial charge in [0.15, 0.2) is 0 Å². The van der Waals surface area contributed by atoms with E-state index in [9.17, 15) is 24.3 Å². The molecule has 1 aliphatic rings. The molecule has 0 saturated heterocycles. The Morgan fingerprint density at radius 3 is 1.50 bits per heavy atom. The Bertz CT molecular complexity index is 1320. The van der Waals surface area contributed by atoms with E-state index in [4.69, 9.17) is 15.3 Å². The van der Waals surface area contributed by atoms with Gasteiger partial charge in [0.25, 0.3) is 0 Å². The molecule has 4 N–H and O–H groups in total. The molecule has 0 bridgehead atoms. The molecule has 0 fully saturated rings. The predicted molar refractivity (Wildman–Crippen MR) is 131 cm³/mol. The number of hydrogen-bond donors (Lipinski definition) is 4. The highest BCUT2D eigenvalue weighted by atomic mass is 16.4. The van der Waals surface area contributed by atoms with Crippen molar-refractivity contribution < 1.29 is 39.6 Å². The first kappa shape index (κ1) is 26.2. The average molecular weight is 491 g/mol. The van der Waals surface area contributed by atoms with Gasteiger partial charge >= 0.3 is 23.9 Å². The van der Waals surface area contributed by atoms with Gasteiger partial charge in [-0.25, -0.2) is 19.2 Å². The zero-order chi connectivity index (χ0) is 26.8. The number of fused-ring (bicyclic) bond motifs is 1. The van der Waals surface area contributed by atoms with E-state index in [0.29, 0.717) is 0 Å². The molecule has 1 aliphatic carbocycles. The highest BCUT2D eigenvalue weighted by Gasteiger charge is 2.45. The molecule has 1 atom stereocenters. The molecule has 186 valence electrons. The number of aromatic carboxylic acids is 4. The Morgan fingerprint density at radius 2 is 1.03 bits per heavy atom. The second-order valence-electron chi connectivity index (χ2n) is 9.53. The summed E-state index contributed by atoms with van der Waals surface area (Å²) in [4.78, 5) is 43.2. The van der Waals surface area contributed by atoms with E-state index < -0.39 is 23.9 Å². The van der Waals surface area contributed by atoms with Crippen LogP contribution in [0.3, 0.4) is 0 Å². The summed E-state index contributed by atoms with van der Waals surface area (Å²) in [6.45, 7) is 6.41. The Hall–Kier alpha value is -4.46. The summed E-state index contributed by atoms with van der Waals surface area (Å²) in [6, 6.07) is 17.4. The molecule has 8 nitrogen and oxygen atoms in total. The van der Waals surface area contributed by atoms with Crippen molar-refractivity contribution in [2.45, 2.75) is 38.0 Å². The van der Waals surface area contributed by atoms with Crippen LogP contribution in [0.5, 0.6) is 0 Å². The van der Waals surface area contributed by atoms with Crippen LogP contribution in [0.25, 0.3) is 0 Å². The Balaban J connectivity index is 0.000000253. The molecule has 0 amide bonds. The average Bonchev–Trinajstić information content (AvgIpc) is 3.05. The van der Waals surface area contributed by atoms with Gasteiger partial charge in [-0.3, -0.25) is 0 Å². The van der Waals surface area contributed by atoms with Crippen LogP contribution in [0.15, 0.2) is 66.7 Å². The third-order valence-electron chi connectivity index (χ3n) is 6.51. The molecule has 36 heavy (non-hydrogen) atoms. The van der Waals surface area contributed by atoms with Gasteiger partial charge in [-0.2, -0.15) is 0 Å². The van der Waals surface area contributed by atoms with Crippen molar-refractivity contribution in [3.63, 3.8) is 0 Å². The highest BCUT2D eigenvalue weighted by molar-refractivity contribution is 5.93. The largest absolute Gasteiger partial charge is 0.478 e. The molecular weight excluding hydrogens is 464 g/mol. The van der Waals surface area contributed by atoms with E-state index in [1.165, 1.54) is 18.2 Å². The summed E-state index contributed by atoms with van der Waals surface area (Å²) in [5.74, 6) is -4.14. The fraction of sp³-hybridized carbons (Fsp3) is 0.214. The second-order valence-corrected chi connectivity index (χ2v) is 9.53.